The minimum atomic E-state index is -3.48. The van der Waals surface area contributed by atoms with Gasteiger partial charge in [-0.25, -0.2) is 91.5 Å². The maximum absolute atomic E-state index is 12.5. The number of halogens is 4. The first kappa shape index (κ1) is 102. The fourth-order valence-electron chi connectivity index (χ4n) is 11.5. The highest BCUT2D eigenvalue weighted by atomic mass is 35.5. The zero-order valence-corrected chi connectivity index (χ0v) is 78.1. The van der Waals surface area contributed by atoms with Gasteiger partial charge >= 0.3 is 24.4 Å². The number of amides is 4. The number of anilines is 8. The van der Waals surface area contributed by atoms with Gasteiger partial charge in [0.15, 0.2) is 46.0 Å². The van der Waals surface area contributed by atoms with Crippen LogP contribution >= 0.6 is 46.4 Å². The Balaban J connectivity index is 0.000000196. The van der Waals surface area contributed by atoms with Crippen molar-refractivity contribution < 1.29 is 71.8 Å². The molecule has 1 saturated heterocycles. The van der Waals surface area contributed by atoms with Crippen LogP contribution in [0, 0.1) is 19.8 Å². The Hall–Kier alpha value is -13.0. The van der Waals surface area contributed by atoms with Crippen molar-refractivity contribution in [3.05, 3.63) is 188 Å². The molecule has 4 atom stereocenters. The third-order valence-corrected chi connectivity index (χ3v) is 25.5. The van der Waals surface area contributed by atoms with Gasteiger partial charge in [0.2, 0.25) is 40.1 Å². The smallest absolute Gasteiger partial charge is 0.413 e. The first-order valence-corrected chi connectivity index (χ1v) is 47.0. The van der Waals surface area contributed by atoms with E-state index >= 15 is 0 Å². The summed E-state index contributed by atoms with van der Waals surface area (Å²) in [5.74, 6) is 0.887. The molecule has 0 bridgehead atoms. The molecule has 0 spiro atoms. The van der Waals surface area contributed by atoms with E-state index in [1.807, 2.05) is 27.7 Å². The van der Waals surface area contributed by atoms with Gasteiger partial charge in [0.1, 0.15) is 50.3 Å². The van der Waals surface area contributed by atoms with Gasteiger partial charge in [-0.1, -0.05) is 101 Å². The van der Waals surface area contributed by atoms with Crippen LogP contribution in [0.2, 0.25) is 20.6 Å². The summed E-state index contributed by atoms with van der Waals surface area (Å²) >= 11 is 24.3. The second-order valence-electron chi connectivity index (χ2n) is 28.8. The molecule has 53 heteroatoms. The molecule has 0 radical (unpaired) electrons. The lowest BCUT2D eigenvalue weighted by molar-refractivity contribution is 0.120. The van der Waals surface area contributed by atoms with Crippen molar-refractivity contribution in [1.29, 1.82) is 0 Å². The second kappa shape index (κ2) is 45.0. The lowest BCUT2D eigenvalue weighted by atomic mass is 10.1. The summed E-state index contributed by atoms with van der Waals surface area (Å²) < 4.78 is 132. The third-order valence-electron chi connectivity index (χ3n) is 18.3. The van der Waals surface area contributed by atoms with Crippen LogP contribution in [-0.4, -0.2) is 193 Å². The molecule has 9 N–H and O–H groups in total. The third kappa shape index (κ3) is 28.2. The molecular weight excluding hydrogens is 1870 g/mol. The molecule has 12 aromatic rings. The Labute approximate surface area is 773 Å². The molecule has 1 aliphatic rings. The summed E-state index contributed by atoms with van der Waals surface area (Å²) in [5, 5.41) is 45.8. The van der Waals surface area contributed by atoms with Crippen molar-refractivity contribution in [2.24, 2.45) is 34.1 Å². The number of hydrogen-bond donors (Lipinski definition) is 9. The van der Waals surface area contributed by atoms with E-state index in [4.69, 9.17) is 65.4 Å². The van der Waals surface area contributed by atoms with Crippen LogP contribution in [0.5, 0.6) is 0 Å². The first-order valence-electron chi connectivity index (χ1n) is 39.0. The van der Waals surface area contributed by atoms with Crippen LogP contribution in [-0.2, 0) is 87.2 Å². The Morgan fingerprint density at radius 1 is 0.405 bits per heavy atom. The second-order valence-corrected chi connectivity index (χ2v) is 38.0. The van der Waals surface area contributed by atoms with Gasteiger partial charge in [0.05, 0.1) is 87.6 Å². The first-order chi connectivity index (χ1) is 61.5. The van der Waals surface area contributed by atoms with Gasteiger partial charge < -0.3 is 24.3 Å². The van der Waals surface area contributed by atoms with Crippen molar-refractivity contribution in [1.82, 2.24) is 105 Å². The summed E-state index contributed by atoms with van der Waals surface area (Å²) in [7, 11) is -7.41. The number of nitrogens with one attached hydrogen (secondary N) is 9. The Morgan fingerprint density at radius 3 is 0.947 bits per heavy atom. The van der Waals surface area contributed by atoms with Crippen molar-refractivity contribution >= 4 is 157 Å². The molecule has 1 fully saturated rings. The number of sulfonamides is 4. The number of rotatable bonds is 29. The van der Waals surface area contributed by atoms with Gasteiger partial charge in [-0.3, -0.25) is 60.1 Å². The van der Waals surface area contributed by atoms with E-state index in [2.05, 4.69) is 127 Å². The molecule has 698 valence electrons. The van der Waals surface area contributed by atoms with Crippen molar-refractivity contribution in [3.63, 3.8) is 0 Å². The highest BCUT2D eigenvalue weighted by Gasteiger charge is 2.32. The number of aromatic nitrogens is 20. The van der Waals surface area contributed by atoms with E-state index in [0.29, 0.717) is 86.6 Å². The summed E-state index contributed by atoms with van der Waals surface area (Å²) in [6.45, 7) is 18.0. The van der Waals surface area contributed by atoms with E-state index in [-0.39, 0.29) is 91.6 Å². The number of carbonyl (C=O) groups excluding carboxylic acids is 4. The minimum absolute atomic E-state index is 0. The van der Waals surface area contributed by atoms with Crippen LogP contribution in [0.15, 0.2) is 135 Å². The predicted octanol–water partition coefficient (Wildman–Crippen LogP) is 12.8. The zero-order chi connectivity index (χ0) is 94.7. The number of ether oxygens (including phenoxy) is 4. The van der Waals surface area contributed by atoms with Crippen molar-refractivity contribution in [3.8, 4) is 45.6 Å². The van der Waals surface area contributed by atoms with E-state index in [9.17, 15) is 52.8 Å². The lowest BCUT2D eigenvalue weighted by Crippen LogP contribution is -2.53. The molecule has 0 unspecified atom stereocenters. The largest absolute Gasteiger partial charge is 0.441 e. The molecule has 13 heterocycles. The molecule has 0 aliphatic carbocycles. The normalized spacial score (nSPS) is 12.9. The molecule has 45 nitrogen and oxygen atoms in total. The minimum Gasteiger partial charge on any atom is -0.441 e. The molecule has 0 aromatic carbocycles. The molecule has 13 rings (SSSR count). The fourth-order valence-corrected chi connectivity index (χ4v) is 16.5. The summed E-state index contributed by atoms with van der Waals surface area (Å²) in [5.41, 5.74) is 8.01. The molecule has 12 aromatic heterocycles. The van der Waals surface area contributed by atoms with Crippen molar-refractivity contribution in [2.75, 3.05) is 70.5 Å². The van der Waals surface area contributed by atoms with Gasteiger partial charge in [0, 0.05) is 88.3 Å². The number of hydrogen-bond acceptors (Lipinski definition) is 33. The van der Waals surface area contributed by atoms with Crippen LogP contribution in [0.1, 0.15) is 121 Å². The molecular formula is C78H93Cl4N29O16S4. The Kier molecular flexibility index (Phi) is 34.9. The lowest BCUT2D eigenvalue weighted by Gasteiger charge is -2.27. The summed E-state index contributed by atoms with van der Waals surface area (Å²) in [4.78, 5) is 83.0. The quantitative estimate of drug-likeness (QED) is 0.0155. The number of pyridine rings is 8. The molecule has 1 aliphatic heterocycles. The van der Waals surface area contributed by atoms with E-state index in [1.165, 1.54) is 57.4 Å². The maximum Gasteiger partial charge on any atom is 0.413 e. The van der Waals surface area contributed by atoms with Gasteiger partial charge in [-0.2, -0.15) is 0 Å². The topological polar surface area (TPSA) is 576 Å². The van der Waals surface area contributed by atoms with Crippen LogP contribution in [0.3, 0.4) is 0 Å². The predicted molar refractivity (Wildman–Crippen MR) is 492 cm³/mol. The Bertz CT molecular complexity index is 6310. The summed E-state index contributed by atoms with van der Waals surface area (Å²) in [6.07, 6.45) is 6.23. The van der Waals surface area contributed by atoms with Gasteiger partial charge in [-0.05, 0) is 145 Å². The van der Waals surface area contributed by atoms with E-state index in [0.717, 1.165) is 11.1 Å². The highest BCUT2D eigenvalue weighted by Crippen LogP contribution is 2.34. The number of aryl methyl sites for hydroxylation is 6. The Morgan fingerprint density at radius 2 is 0.687 bits per heavy atom. The van der Waals surface area contributed by atoms with Crippen molar-refractivity contribution in [2.45, 2.75) is 106 Å². The summed E-state index contributed by atoms with van der Waals surface area (Å²) in [6, 6.07) is 22.9. The van der Waals surface area contributed by atoms with Gasteiger partial charge in [0.25, 0.3) is 0 Å². The van der Waals surface area contributed by atoms with Crippen LogP contribution in [0.25, 0.3) is 45.6 Å². The SMILES string of the molecule is C.CC(C)CS(=O)(=O)Nc1ccc(-c2nnn(C)c2NC(=O)O[C@H](C)c2cccnc2Cl)nc1.CCS(=O)(=O)Nc1ccc(-c2nnn(C)c2NC(=O)O[C@H](C)c2cc(C)cnc2Cl)nc1.CCS(=O)(=O)Nc1ccc(-c2nnn(C)c2NC(=O)O[C@H](C)c2cc(C)cnc2Cl)nc1.C[C@@H](OC(=O)Nc1c(-c2ccc(NS(=O)(=O)C3CNC3)cn2)nnn1C)c1cccnc1Cl. The molecule has 4 amide bonds. The number of nitrogens with zero attached hydrogens (tertiary/aromatic N) is 20. The molecule has 131 heavy (non-hydrogen) atoms. The highest BCUT2D eigenvalue weighted by molar-refractivity contribution is 7.93. The van der Waals surface area contributed by atoms with E-state index < -0.39 is 94.1 Å². The van der Waals surface area contributed by atoms with E-state index in [1.54, 1.807) is 166 Å². The monoisotopic (exact) mass is 1960 g/mol. The average Bonchev–Trinajstić information content (AvgIpc) is 1.52. The van der Waals surface area contributed by atoms with Crippen LogP contribution < -0.4 is 45.5 Å². The average molecular weight is 1960 g/mol. The maximum atomic E-state index is 12.5. The fraction of sp³-hybridized carbons (Fsp3) is 0.333. The molecule has 0 saturated carbocycles. The van der Waals surface area contributed by atoms with Crippen LogP contribution in [0.4, 0.5) is 65.2 Å². The number of carbonyl (C=O) groups is 4. The standard InChI is InChI=1S/C20H24ClN7O4S.C19H21ClN8O4S.2C19H22ClN7O4S.CH4/c1-12(2)11-33(30,31)26-14-7-8-16(23-10-14)17-19(28(4)27-25-17)24-20(29)32-13(3)15-6-5-9-22-18(15)21;1-11(14-4-3-7-22-17(14)20)32-19(29)24-18-16(25-27-28(18)2)15-6-5-12(8-23-15)26-33(30,31)13-9-21-10-13;2*1-5-32(29,30)25-13-6-7-15(21-10-13)16-18(27(4)26-24-16)23-19(28)31-12(3)14-8-11(2)9-22-17(14)20;/h5-10,12-13,26H,11H2,1-4H3,(H,24,29);3-8,11,13,21,26H,9-10H2,1-2H3,(H,24,29);2*6-10,12,25H,5H2,1-4H3,(H,23,28);1H4/t13-;11-;2*12-;/m1111./s1. The van der Waals surface area contributed by atoms with Gasteiger partial charge in [-0.15, -0.1) is 20.4 Å². The zero-order valence-electron chi connectivity index (χ0n) is 71.8.